The van der Waals surface area contributed by atoms with Crippen LogP contribution in [0.4, 0.5) is 0 Å². The molecule has 3 rings (SSSR count). The second-order valence-corrected chi connectivity index (χ2v) is 12.1. The number of fused-ring (bicyclic) bond motifs is 1. The maximum atomic E-state index is 2.55. The first-order valence-corrected chi connectivity index (χ1v) is 11.0. The van der Waals surface area contributed by atoms with Gasteiger partial charge >= 0.3 is 0 Å². The fourth-order valence-corrected chi connectivity index (χ4v) is 5.01. The van der Waals surface area contributed by atoms with Crippen LogP contribution in [0.5, 0.6) is 0 Å². The molecule has 0 fully saturated rings. The molecule has 1 aliphatic rings. The second kappa shape index (κ2) is 5.06. The Morgan fingerprint density at radius 1 is 0.850 bits per heavy atom. The van der Waals surface area contributed by atoms with E-state index >= 15 is 0 Å². The summed E-state index contributed by atoms with van der Waals surface area (Å²) < 4.78 is 0. The minimum Gasteiger partial charge on any atom is -0.0756 e. The van der Waals surface area contributed by atoms with E-state index < -0.39 is 8.07 Å². The molecule has 0 heterocycles. The van der Waals surface area contributed by atoms with Crippen molar-refractivity contribution in [3.05, 3.63) is 77.4 Å². The summed E-state index contributed by atoms with van der Waals surface area (Å²) in [6.45, 7) is 7.41. The molecular formula is C19H22Si. The Hall–Kier alpha value is -1.60. The van der Waals surface area contributed by atoms with Gasteiger partial charge in [-0.2, -0.15) is 0 Å². The Morgan fingerprint density at radius 2 is 1.50 bits per heavy atom. The zero-order valence-corrected chi connectivity index (χ0v) is 13.6. The Kier molecular flexibility index (Phi) is 3.39. The number of rotatable bonds is 3. The van der Waals surface area contributed by atoms with Crippen molar-refractivity contribution in [1.82, 2.24) is 0 Å². The van der Waals surface area contributed by atoms with Crippen molar-refractivity contribution in [2.45, 2.75) is 31.6 Å². The highest BCUT2D eigenvalue weighted by molar-refractivity contribution is 6.78. The lowest BCUT2D eigenvalue weighted by Crippen LogP contribution is -2.28. The molecule has 1 heteroatoms. The minimum atomic E-state index is -1.21. The lowest BCUT2D eigenvalue weighted by molar-refractivity contribution is 1.16. The molecule has 0 saturated carbocycles. The lowest BCUT2D eigenvalue weighted by atomic mass is 9.99. The first kappa shape index (κ1) is 13.4. The fraction of sp³-hybridized carbons (Fsp3) is 0.263. The summed E-state index contributed by atoms with van der Waals surface area (Å²) in [5, 5.41) is 0. The van der Waals surface area contributed by atoms with Gasteiger partial charge in [-0.15, -0.1) is 0 Å². The van der Waals surface area contributed by atoms with Gasteiger partial charge in [-0.1, -0.05) is 80.3 Å². The number of hydrogen-bond acceptors (Lipinski definition) is 0. The van der Waals surface area contributed by atoms with Gasteiger partial charge in [0.15, 0.2) is 0 Å². The van der Waals surface area contributed by atoms with E-state index in [2.05, 4.69) is 80.3 Å². The third-order valence-electron chi connectivity index (χ3n) is 4.18. The summed E-state index contributed by atoms with van der Waals surface area (Å²) >= 11 is 0. The van der Waals surface area contributed by atoms with Gasteiger partial charge in [0.1, 0.15) is 0 Å². The van der Waals surface area contributed by atoms with Crippen LogP contribution in [-0.2, 0) is 6.42 Å². The molecule has 0 aromatic heterocycles. The molecule has 0 radical (unpaired) electrons. The van der Waals surface area contributed by atoms with Gasteiger partial charge in [-0.25, -0.2) is 0 Å². The molecular weight excluding hydrogens is 256 g/mol. The predicted molar refractivity (Wildman–Crippen MR) is 90.7 cm³/mol. The van der Waals surface area contributed by atoms with Crippen molar-refractivity contribution in [2.75, 3.05) is 0 Å². The monoisotopic (exact) mass is 278 g/mol. The topological polar surface area (TPSA) is 0 Å². The number of hydrogen-bond donors (Lipinski definition) is 0. The largest absolute Gasteiger partial charge is 0.0756 e. The molecule has 0 N–H and O–H groups in total. The van der Waals surface area contributed by atoms with Gasteiger partial charge in [0.2, 0.25) is 0 Å². The van der Waals surface area contributed by atoms with E-state index in [0.717, 1.165) is 6.42 Å². The third kappa shape index (κ3) is 2.50. The molecule has 1 atom stereocenters. The molecule has 0 bridgehead atoms. The summed E-state index contributed by atoms with van der Waals surface area (Å²) in [6, 6.07) is 19.8. The molecule has 102 valence electrons. The van der Waals surface area contributed by atoms with Crippen LogP contribution in [0.25, 0.3) is 5.57 Å². The summed E-state index contributed by atoms with van der Waals surface area (Å²) in [5.74, 6) is 0. The minimum absolute atomic E-state index is 0.664. The molecule has 0 aliphatic heterocycles. The molecule has 1 unspecified atom stereocenters. The van der Waals surface area contributed by atoms with Crippen LogP contribution < -0.4 is 0 Å². The predicted octanol–water partition coefficient (Wildman–Crippen LogP) is 5.29. The molecule has 0 amide bonds. The Labute approximate surface area is 123 Å². The van der Waals surface area contributed by atoms with E-state index in [1.807, 2.05) is 0 Å². The molecule has 0 spiro atoms. The van der Waals surface area contributed by atoms with Crippen LogP contribution >= 0.6 is 0 Å². The molecule has 1 aliphatic carbocycles. The standard InChI is InChI=1S/C19H22Si/c1-20(2,3)19-14-16(13-15-9-5-4-6-10-15)17-11-7-8-12-18(17)19/h4-12,14,19H,13H2,1-3H3. The summed E-state index contributed by atoms with van der Waals surface area (Å²) in [6.07, 6.45) is 3.60. The van der Waals surface area contributed by atoms with Gasteiger partial charge in [0.25, 0.3) is 0 Å². The molecule has 0 nitrogen and oxygen atoms in total. The van der Waals surface area contributed by atoms with Crippen LogP contribution in [-0.4, -0.2) is 8.07 Å². The fourth-order valence-electron chi connectivity index (χ4n) is 3.13. The quantitative estimate of drug-likeness (QED) is 0.669. The van der Waals surface area contributed by atoms with Crippen LogP contribution in [0.1, 0.15) is 22.2 Å². The Bertz CT molecular complexity index is 632. The maximum absolute atomic E-state index is 2.55. The molecule has 20 heavy (non-hydrogen) atoms. The van der Waals surface area contributed by atoms with Crippen molar-refractivity contribution in [2.24, 2.45) is 0 Å². The summed E-state index contributed by atoms with van der Waals surface area (Å²) in [7, 11) is -1.21. The van der Waals surface area contributed by atoms with Crippen molar-refractivity contribution in [1.29, 1.82) is 0 Å². The van der Waals surface area contributed by atoms with E-state index in [0.29, 0.717) is 5.54 Å². The zero-order chi connectivity index (χ0) is 14.2. The van der Waals surface area contributed by atoms with Crippen LogP contribution in [0.15, 0.2) is 60.7 Å². The SMILES string of the molecule is C[Si](C)(C)C1C=C(Cc2ccccc2)c2ccccc21. The van der Waals surface area contributed by atoms with Crippen molar-refractivity contribution >= 4 is 13.6 Å². The first-order chi connectivity index (χ1) is 9.55. The van der Waals surface area contributed by atoms with Gasteiger partial charge in [0, 0.05) is 0 Å². The average molecular weight is 278 g/mol. The van der Waals surface area contributed by atoms with Crippen LogP contribution in [0, 0.1) is 0 Å². The summed E-state index contributed by atoms with van der Waals surface area (Å²) in [5.41, 5.74) is 6.61. The van der Waals surface area contributed by atoms with E-state index in [1.165, 1.54) is 16.7 Å². The van der Waals surface area contributed by atoms with E-state index in [4.69, 9.17) is 0 Å². The Balaban J connectivity index is 1.99. The van der Waals surface area contributed by atoms with Gasteiger partial charge in [-0.3, -0.25) is 0 Å². The normalized spacial score (nSPS) is 17.8. The van der Waals surface area contributed by atoms with E-state index in [-0.39, 0.29) is 0 Å². The smallest absolute Gasteiger partial charge is 0.0566 e. The molecule has 0 saturated heterocycles. The van der Waals surface area contributed by atoms with Crippen molar-refractivity contribution in [3.8, 4) is 0 Å². The average Bonchev–Trinajstić information content (AvgIpc) is 2.79. The number of allylic oxidation sites excluding steroid dienone is 2. The van der Waals surface area contributed by atoms with Gasteiger partial charge < -0.3 is 0 Å². The third-order valence-corrected chi connectivity index (χ3v) is 6.52. The van der Waals surface area contributed by atoms with Gasteiger partial charge in [-0.05, 0) is 34.2 Å². The highest BCUT2D eigenvalue weighted by Crippen LogP contribution is 2.42. The highest BCUT2D eigenvalue weighted by atomic mass is 28.3. The van der Waals surface area contributed by atoms with Crippen LogP contribution in [0.3, 0.4) is 0 Å². The van der Waals surface area contributed by atoms with E-state index in [9.17, 15) is 0 Å². The lowest BCUT2D eigenvalue weighted by Gasteiger charge is -2.24. The molecule has 2 aromatic carbocycles. The van der Waals surface area contributed by atoms with Crippen molar-refractivity contribution in [3.63, 3.8) is 0 Å². The summed E-state index contributed by atoms with van der Waals surface area (Å²) in [4.78, 5) is 0. The zero-order valence-electron chi connectivity index (χ0n) is 12.6. The first-order valence-electron chi connectivity index (χ1n) is 7.39. The maximum Gasteiger partial charge on any atom is 0.0566 e. The van der Waals surface area contributed by atoms with Crippen molar-refractivity contribution < 1.29 is 0 Å². The second-order valence-electron chi connectivity index (χ2n) is 6.79. The van der Waals surface area contributed by atoms with Gasteiger partial charge in [0.05, 0.1) is 8.07 Å². The van der Waals surface area contributed by atoms with Crippen LogP contribution in [0.2, 0.25) is 19.6 Å². The number of benzene rings is 2. The highest BCUT2D eigenvalue weighted by Gasteiger charge is 2.32. The molecule has 2 aromatic rings. The van der Waals surface area contributed by atoms with E-state index in [1.54, 1.807) is 5.56 Å². The Morgan fingerprint density at radius 3 is 2.20 bits per heavy atom.